The Hall–Kier alpha value is -2.20. The van der Waals surface area contributed by atoms with E-state index in [0.29, 0.717) is 6.61 Å². The first-order chi connectivity index (χ1) is 11.6. The van der Waals surface area contributed by atoms with E-state index in [1.54, 1.807) is 14.2 Å². The fourth-order valence-corrected chi connectivity index (χ4v) is 3.31. The van der Waals surface area contributed by atoms with Gasteiger partial charge >= 0.3 is 0 Å². The average Bonchev–Trinajstić information content (AvgIpc) is 2.57. The summed E-state index contributed by atoms with van der Waals surface area (Å²) in [4.78, 5) is 0. The minimum Gasteiger partial charge on any atom is -0.493 e. The maximum atomic E-state index is 6.06. The highest BCUT2D eigenvalue weighted by Crippen LogP contribution is 2.35. The molecular formula is C20H25NO3. The molecule has 0 radical (unpaired) electrons. The molecule has 1 aliphatic heterocycles. The number of rotatable bonds is 5. The molecule has 0 saturated carbocycles. The summed E-state index contributed by atoms with van der Waals surface area (Å²) in [5.41, 5.74) is 4.95. The van der Waals surface area contributed by atoms with Gasteiger partial charge in [0.15, 0.2) is 11.5 Å². The van der Waals surface area contributed by atoms with E-state index < -0.39 is 0 Å². The van der Waals surface area contributed by atoms with Crippen molar-refractivity contribution in [2.24, 2.45) is 0 Å². The molecule has 4 nitrogen and oxygen atoms in total. The number of nitrogens with one attached hydrogen (secondary N) is 1. The SMILES string of the molecule is COc1cc2c(cc1OC)[C@H](COc1cc(C)cc(C)c1)NCC2. The third-order valence-corrected chi connectivity index (χ3v) is 4.42. The Labute approximate surface area is 143 Å². The van der Waals surface area contributed by atoms with Crippen molar-refractivity contribution < 1.29 is 14.2 Å². The molecule has 0 spiro atoms. The van der Waals surface area contributed by atoms with Crippen LogP contribution in [0.5, 0.6) is 17.2 Å². The molecule has 3 rings (SSSR count). The molecule has 0 aromatic heterocycles. The monoisotopic (exact) mass is 327 g/mol. The zero-order valence-electron chi connectivity index (χ0n) is 14.8. The van der Waals surface area contributed by atoms with Gasteiger partial charge in [-0.2, -0.15) is 0 Å². The van der Waals surface area contributed by atoms with Crippen molar-refractivity contribution in [3.63, 3.8) is 0 Å². The van der Waals surface area contributed by atoms with Crippen LogP contribution in [0.25, 0.3) is 0 Å². The first kappa shape index (κ1) is 16.7. The fraction of sp³-hybridized carbons (Fsp3) is 0.400. The molecule has 0 fully saturated rings. The molecule has 2 aromatic rings. The van der Waals surface area contributed by atoms with Gasteiger partial charge in [0, 0.05) is 0 Å². The van der Waals surface area contributed by atoms with Gasteiger partial charge in [-0.05, 0) is 73.3 Å². The van der Waals surface area contributed by atoms with Gasteiger partial charge in [-0.1, -0.05) is 6.07 Å². The lowest BCUT2D eigenvalue weighted by Crippen LogP contribution is -2.33. The van der Waals surface area contributed by atoms with Crippen LogP contribution in [0.3, 0.4) is 0 Å². The van der Waals surface area contributed by atoms with E-state index >= 15 is 0 Å². The highest BCUT2D eigenvalue weighted by atomic mass is 16.5. The summed E-state index contributed by atoms with van der Waals surface area (Å²) in [6.07, 6.45) is 0.982. The molecule has 1 heterocycles. The van der Waals surface area contributed by atoms with E-state index in [-0.39, 0.29) is 6.04 Å². The minimum atomic E-state index is 0.148. The van der Waals surface area contributed by atoms with Crippen molar-refractivity contribution >= 4 is 0 Å². The highest BCUT2D eigenvalue weighted by Gasteiger charge is 2.23. The van der Waals surface area contributed by atoms with Crippen molar-refractivity contribution in [1.82, 2.24) is 5.32 Å². The highest BCUT2D eigenvalue weighted by molar-refractivity contribution is 5.49. The summed E-state index contributed by atoms with van der Waals surface area (Å²) in [6, 6.07) is 10.6. The second-order valence-electron chi connectivity index (χ2n) is 6.30. The first-order valence-electron chi connectivity index (χ1n) is 8.30. The smallest absolute Gasteiger partial charge is 0.161 e. The Kier molecular flexibility index (Phi) is 4.95. The molecular weight excluding hydrogens is 302 g/mol. The molecule has 1 N–H and O–H groups in total. The lowest BCUT2D eigenvalue weighted by atomic mass is 9.94. The van der Waals surface area contributed by atoms with Crippen molar-refractivity contribution in [3.8, 4) is 17.2 Å². The summed E-state index contributed by atoms with van der Waals surface area (Å²) in [6.45, 7) is 5.70. The summed E-state index contributed by atoms with van der Waals surface area (Å²) >= 11 is 0. The largest absolute Gasteiger partial charge is 0.493 e. The van der Waals surface area contributed by atoms with Crippen LogP contribution in [0.15, 0.2) is 30.3 Å². The van der Waals surface area contributed by atoms with Gasteiger partial charge in [0.2, 0.25) is 0 Å². The van der Waals surface area contributed by atoms with Crippen molar-refractivity contribution in [2.45, 2.75) is 26.3 Å². The van der Waals surface area contributed by atoms with Crippen molar-refractivity contribution in [1.29, 1.82) is 0 Å². The maximum Gasteiger partial charge on any atom is 0.161 e. The molecule has 24 heavy (non-hydrogen) atoms. The van der Waals surface area contributed by atoms with E-state index in [9.17, 15) is 0 Å². The Bertz CT molecular complexity index is 707. The van der Waals surface area contributed by atoms with Crippen LogP contribution in [0.2, 0.25) is 0 Å². The van der Waals surface area contributed by atoms with Gasteiger partial charge in [0.05, 0.1) is 20.3 Å². The van der Waals surface area contributed by atoms with E-state index in [1.807, 2.05) is 0 Å². The zero-order chi connectivity index (χ0) is 17.1. The Morgan fingerprint density at radius 2 is 1.62 bits per heavy atom. The molecule has 4 heteroatoms. The standard InChI is InChI=1S/C20H25NO3/c1-13-7-14(2)9-16(8-13)24-12-18-17-11-20(23-4)19(22-3)10-15(17)5-6-21-18/h7-11,18,21H,5-6,12H2,1-4H3/t18-/m0/s1. The van der Waals surface area contributed by atoms with Crippen LogP contribution in [-0.4, -0.2) is 27.4 Å². The number of methoxy groups -OCH3 is 2. The van der Waals surface area contributed by atoms with Gasteiger partial charge < -0.3 is 19.5 Å². The summed E-state index contributed by atoms with van der Waals surface area (Å²) in [5.74, 6) is 2.46. The molecule has 0 saturated heterocycles. The normalized spacial score (nSPS) is 16.4. The summed E-state index contributed by atoms with van der Waals surface area (Å²) in [7, 11) is 3.34. The molecule has 2 aromatic carbocycles. The molecule has 0 aliphatic carbocycles. The Morgan fingerprint density at radius 3 is 2.29 bits per heavy atom. The second kappa shape index (κ2) is 7.14. The van der Waals surface area contributed by atoms with Gasteiger partial charge in [-0.15, -0.1) is 0 Å². The van der Waals surface area contributed by atoms with Crippen LogP contribution in [0.4, 0.5) is 0 Å². The molecule has 1 atom stereocenters. The molecule has 0 unspecified atom stereocenters. The maximum absolute atomic E-state index is 6.06. The number of ether oxygens (including phenoxy) is 3. The van der Waals surface area contributed by atoms with Gasteiger partial charge in [-0.25, -0.2) is 0 Å². The average molecular weight is 327 g/mol. The predicted molar refractivity (Wildman–Crippen MR) is 95.4 cm³/mol. The van der Waals surface area contributed by atoms with Crippen molar-refractivity contribution in [3.05, 3.63) is 52.6 Å². The van der Waals surface area contributed by atoms with Gasteiger partial charge in [0.1, 0.15) is 12.4 Å². The fourth-order valence-electron chi connectivity index (χ4n) is 3.31. The number of aryl methyl sites for hydroxylation is 2. The Morgan fingerprint density at radius 1 is 0.958 bits per heavy atom. The molecule has 0 bridgehead atoms. The lowest BCUT2D eigenvalue weighted by Gasteiger charge is -2.28. The third kappa shape index (κ3) is 3.49. The summed E-state index contributed by atoms with van der Waals surface area (Å²) < 4.78 is 16.9. The third-order valence-electron chi connectivity index (χ3n) is 4.42. The number of hydrogen-bond donors (Lipinski definition) is 1. The molecule has 0 amide bonds. The van der Waals surface area contributed by atoms with E-state index in [2.05, 4.69) is 49.5 Å². The Balaban J connectivity index is 1.81. The topological polar surface area (TPSA) is 39.7 Å². The minimum absolute atomic E-state index is 0.148. The summed E-state index contributed by atoms with van der Waals surface area (Å²) in [5, 5.41) is 3.54. The van der Waals surface area contributed by atoms with Crippen molar-refractivity contribution in [2.75, 3.05) is 27.4 Å². The molecule has 1 aliphatic rings. The van der Waals surface area contributed by atoms with Gasteiger partial charge in [-0.3, -0.25) is 0 Å². The van der Waals surface area contributed by atoms with Crippen LogP contribution >= 0.6 is 0 Å². The van der Waals surface area contributed by atoms with E-state index in [4.69, 9.17) is 14.2 Å². The van der Waals surface area contributed by atoms with E-state index in [1.165, 1.54) is 22.3 Å². The van der Waals surface area contributed by atoms with Gasteiger partial charge in [0.25, 0.3) is 0 Å². The lowest BCUT2D eigenvalue weighted by molar-refractivity contribution is 0.260. The van der Waals surface area contributed by atoms with Crippen LogP contribution < -0.4 is 19.5 Å². The first-order valence-corrected chi connectivity index (χ1v) is 8.30. The second-order valence-corrected chi connectivity index (χ2v) is 6.30. The van der Waals surface area contributed by atoms with Crippen LogP contribution in [0, 0.1) is 13.8 Å². The van der Waals surface area contributed by atoms with Crippen LogP contribution in [0.1, 0.15) is 28.3 Å². The van der Waals surface area contributed by atoms with E-state index in [0.717, 1.165) is 30.2 Å². The predicted octanol–water partition coefficient (Wildman–Crippen LogP) is 3.59. The quantitative estimate of drug-likeness (QED) is 0.911. The zero-order valence-corrected chi connectivity index (χ0v) is 14.8. The number of hydrogen-bond acceptors (Lipinski definition) is 4. The molecule has 128 valence electrons. The van der Waals surface area contributed by atoms with Crippen LogP contribution in [-0.2, 0) is 6.42 Å². The number of benzene rings is 2. The number of fused-ring (bicyclic) bond motifs is 1.